The summed E-state index contributed by atoms with van der Waals surface area (Å²) in [6, 6.07) is 4.99. The quantitative estimate of drug-likeness (QED) is 0.734. The molecular weight excluding hydrogens is 252 g/mol. The Balaban J connectivity index is 1.93. The summed E-state index contributed by atoms with van der Waals surface area (Å²) in [7, 11) is 0. The molecule has 2 aromatic rings. The summed E-state index contributed by atoms with van der Waals surface area (Å²) in [6.45, 7) is 0.484. The van der Waals surface area contributed by atoms with Crippen molar-refractivity contribution in [1.82, 2.24) is 15.3 Å². The van der Waals surface area contributed by atoms with E-state index in [1.54, 1.807) is 30.6 Å². The van der Waals surface area contributed by atoms with Crippen molar-refractivity contribution in [3.8, 4) is 0 Å². The first-order valence-electron chi connectivity index (χ1n) is 5.49. The first-order valence-corrected chi connectivity index (χ1v) is 5.86. The Morgan fingerprint density at radius 3 is 3.06 bits per heavy atom. The molecule has 0 fully saturated rings. The largest absolute Gasteiger partial charge is 0.398 e. The average Bonchev–Trinajstić information content (AvgIpc) is 2.85. The van der Waals surface area contributed by atoms with Gasteiger partial charge in [0.1, 0.15) is 5.82 Å². The van der Waals surface area contributed by atoms with Crippen LogP contribution in [0, 0.1) is 0 Å². The normalized spacial score (nSPS) is 10.3. The first kappa shape index (κ1) is 12.4. The van der Waals surface area contributed by atoms with Gasteiger partial charge in [-0.2, -0.15) is 0 Å². The molecule has 4 N–H and O–H groups in total. The molecule has 0 spiro atoms. The molecule has 0 saturated heterocycles. The molecule has 2 rings (SSSR count). The van der Waals surface area contributed by atoms with Gasteiger partial charge in [0.05, 0.1) is 16.3 Å². The highest BCUT2D eigenvalue weighted by atomic mass is 35.5. The number of aromatic amines is 1. The van der Waals surface area contributed by atoms with Crippen molar-refractivity contribution in [1.29, 1.82) is 0 Å². The predicted molar refractivity (Wildman–Crippen MR) is 70.5 cm³/mol. The number of carbonyl (C=O) groups is 1. The molecule has 0 unspecified atom stereocenters. The Labute approximate surface area is 109 Å². The SMILES string of the molecule is Nc1cccc(C(=O)NCCc2ncc[nH]2)c1Cl. The number of H-pyrrole nitrogens is 1. The Hall–Kier alpha value is -2.01. The van der Waals surface area contributed by atoms with Crippen molar-refractivity contribution in [2.45, 2.75) is 6.42 Å². The van der Waals surface area contributed by atoms with Crippen molar-refractivity contribution in [2.24, 2.45) is 0 Å². The zero-order valence-electron chi connectivity index (χ0n) is 9.61. The van der Waals surface area contributed by atoms with E-state index in [4.69, 9.17) is 17.3 Å². The van der Waals surface area contributed by atoms with Crippen LogP contribution >= 0.6 is 11.6 Å². The standard InChI is InChI=1S/C12H13ClN4O/c13-11-8(2-1-3-9(11)14)12(18)17-5-4-10-15-6-7-16-10/h1-3,6-7H,4-5,14H2,(H,15,16)(H,17,18). The fraction of sp³-hybridized carbons (Fsp3) is 0.167. The smallest absolute Gasteiger partial charge is 0.252 e. The summed E-state index contributed by atoms with van der Waals surface area (Å²) in [4.78, 5) is 18.9. The lowest BCUT2D eigenvalue weighted by molar-refractivity contribution is 0.0954. The van der Waals surface area contributed by atoms with Gasteiger partial charge in [0, 0.05) is 25.4 Å². The van der Waals surface area contributed by atoms with Crippen molar-refractivity contribution in [2.75, 3.05) is 12.3 Å². The Morgan fingerprint density at radius 2 is 2.33 bits per heavy atom. The van der Waals surface area contributed by atoms with E-state index in [0.717, 1.165) is 5.82 Å². The van der Waals surface area contributed by atoms with Crippen LogP contribution in [0.2, 0.25) is 5.02 Å². The highest BCUT2D eigenvalue weighted by Crippen LogP contribution is 2.22. The van der Waals surface area contributed by atoms with E-state index in [0.29, 0.717) is 24.2 Å². The van der Waals surface area contributed by atoms with Crippen LogP contribution in [-0.2, 0) is 6.42 Å². The average molecular weight is 265 g/mol. The maximum absolute atomic E-state index is 11.9. The molecule has 0 aliphatic carbocycles. The van der Waals surface area contributed by atoms with Gasteiger partial charge < -0.3 is 16.0 Å². The molecule has 18 heavy (non-hydrogen) atoms. The third-order valence-corrected chi connectivity index (χ3v) is 2.90. The van der Waals surface area contributed by atoms with Crippen LogP contribution in [-0.4, -0.2) is 22.4 Å². The van der Waals surface area contributed by atoms with Gasteiger partial charge in [-0.15, -0.1) is 0 Å². The molecule has 0 radical (unpaired) electrons. The summed E-state index contributed by atoms with van der Waals surface area (Å²) >= 11 is 5.96. The number of imidazole rings is 1. The summed E-state index contributed by atoms with van der Waals surface area (Å²) in [5, 5.41) is 3.05. The second kappa shape index (κ2) is 5.55. The monoisotopic (exact) mass is 264 g/mol. The Bertz CT molecular complexity index is 539. The number of nitrogen functional groups attached to an aromatic ring is 1. The molecular formula is C12H13ClN4O. The molecule has 1 heterocycles. The number of hydrogen-bond donors (Lipinski definition) is 3. The van der Waals surface area contributed by atoms with Gasteiger partial charge in [0.25, 0.3) is 5.91 Å². The summed E-state index contributed by atoms with van der Waals surface area (Å²) < 4.78 is 0. The fourth-order valence-electron chi connectivity index (χ4n) is 1.55. The van der Waals surface area contributed by atoms with E-state index in [1.165, 1.54) is 0 Å². The number of benzene rings is 1. The Morgan fingerprint density at radius 1 is 1.50 bits per heavy atom. The van der Waals surface area contributed by atoms with Crippen molar-refractivity contribution >= 4 is 23.2 Å². The van der Waals surface area contributed by atoms with Crippen LogP contribution in [0.15, 0.2) is 30.6 Å². The van der Waals surface area contributed by atoms with Gasteiger partial charge in [-0.25, -0.2) is 4.98 Å². The maximum atomic E-state index is 11.9. The van der Waals surface area contributed by atoms with Gasteiger partial charge in [-0.1, -0.05) is 17.7 Å². The molecule has 0 aliphatic rings. The van der Waals surface area contributed by atoms with Gasteiger partial charge in [0.15, 0.2) is 0 Å². The number of aromatic nitrogens is 2. The van der Waals surface area contributed by atoms with Crippen LogP contribution in [0.3, 0.4) is 0 Å². The van der Waals surface area contributed by atoms with Crippen LogP contribution in [0.1, 0.15) is 16.2 Å². The number of amides is 1. The van der Waals surface area contributed by atoms with E-state index in [2.05, 4.69) is 15.3 Å². The third kappa shape index (κ3) is 2.81. The van der Waals surface area contributed by atoms with Crippen LogP contribution in [0.4, 0.5) is 5.69 Å². The number of halogens is 1. The van der Waals surface area contributed by atoms with Crippen molar-refractivity contribution in [3.63, 3.8) is 0 Å². The number of nitrogens with two attached hydrogens (primary N) is 1. The maximum Gasteiger partial charge on any atom is 0.252 e. The molecule has 6 heteroatoms. The topological polar surface area (TPSA) is 83.8 Å². The molecule has 0 saturated carbocycles. The molecule has 1 aromatic heterocycles. The summed E-state index contributed by atoms with van der Waals surface area (Å²) in [5.74, 6) is 0.591. The lowest BCUT2D eigenvalue weighted by Gasteiger charge is -2.07. The second-order valence-electron chi connectivity index (χ2n) is 3.75. The van der Waals surface area contributed by atoms with E-state index >= 15 is 0 Å². The van der Waals surface area contributed by atoms with Crippen molar-refractivity contribution in [3.05, 3.63) is 47.0 Å². The molecule has 0 atom stereocenters. The van der Waals surface area contributed by atoms with Gasteiger partial charge >= 0.3 is 0 Å². The molecule has 94 valence electrons. The second-order valence-corrected chi connectivity index (χ2v) is 4.13. The lowest BCUT2D eigenvalue weighted by atomic mass is 10.2. The van der Waals surface area contributed by atoms with Gasteiger partial charge in [0.2, 0.25) is 0 Å². The molecule has 0 bridgehead atoms. The van der Waals surface area contributed by atoms with E-state index in [-0.39, 0.29) is 10.9 Å². The highest BCUT2D eigenvalue weighted by molar-refractivity contribution is 6.36. The third-order valence-electron chi connectivity index (χ3n) is 2.48. The number of hydrogen-bond acceptors (Lipinski definition) is 3. The number of nitrogens with zero attached hydrogens (tertiary/aromatic N) is 1. The first-order chi connectivity index (χ1) is 8.68. The number of anilines is 1. The summed E-state index contributed by atoms with van der Waals surface area (Å²) in [6.07, 6.45) is 4.05. The van der Waals surface area contributed by atoms with E-state index in [1.807, 2.05) is 0 Å². The van der Waals surface area contributed by atoms with Crippen LogP contribution in [0.25, 0.3) is 0 Å². The number of carbonyl (C=O) groups excluding carboxylic acids is 1. The number of nitrogens with one attached hydrogen (secondary N) is 2. The minimum absolute atomic E-state index is 0.237. The number of rotatable bonds is 4. The zero-order valence-corrected chi connectivity index (χ0v) is 10.4. The van der Waals surface area contributed by atoms with E-state index in [9.17, 15) is 4.79 Å². The van der Waals surface area contributed by atoms with Gasteiger partial charge in [-0.3, -0.25) is 4.79 Å². The van der Waals surface area contributed by atoms with Crippen LogP contribution < -0.4 is 11.1 Å². The highest BCUT2D eigenvalue weighted by Gasteiger charge is 2.11. The summed E-state index contributed by atoms with van der Waals surface area (Å²) in [5.41, 5.74) is 6.42. The minimum Gasteiger partial charge on any atom is -0.398 e. The molecule has 0 aliphatic heterocycles. The van der Waals surface area contributed by atoms with E-state index < -0.39 is 0 Å². The fourth-order valence-corrected chi connectivity index (χ4v) is 1.76. The zero-order chi connectivity index (χ0) is 13.0. The molecule has 1 amide bonds. The van der Waals surface area contributed by atoms with Crippen molar-refractivity contribution < 1.29 is 4.79 Å². The van der Waals surface area contributed by atoms with Crippen LogP contribution in [0.5, 0.6) is 0 Å². The van der Waals surface area contributed by atoms with Gasteiger partial charge in [-0.05, 0) is 12.1 Å². The lowest BCUT2D eigenvalue weighted by Crippen LogP contribution is -2.26. The molecule has 1 aromatic carbocycles. The Kier molecular flexibility index (Phi) is 3.84. The molecule has 5 nitrogen and oxygen atoms in total. The minimum atomic E-state index is -0.237. The predicted octanol–water partition coefficient (Wildman–Crippen LogP) is 1.62.